The number of allylic oxidation sites excluding steroid dienone is 1. The van der Waals surface area contributed by atoms with Crippen molar-refractivity contribution in [2.24, 2.45) is 0 Å². The average molecular weight is 571 g/mol. The van der Waals surface area contributed by atoms with E-state index in [0.717, 1.165) is 0 Å². The van der Waals surface area contributed by atoms with Crippen LogP contribution in [0.2, 0.25) is 5.02 Å². The second-order valence-electron chi connectivity index (χ2n) is 8.98. The minimum absolute atomic E-state index is 0.0722. The van der Waals surface area contributed by atoms with Crippen LogP contribution in [0, 0.1) is 0 Å². The van der Waals surface area contributed by atoms with Crippen molar-refractivity contribution in [2.45, 2.75) is 50.4 Å². The summed E-state index contributed by atoms with van der Waals surface area (Å²) in [6.07, 6.45) is -6.47. The Bertz CT molecular complexity index is 1090. The molecule has 12 nitrogen and oxygen atoms in total. The van der Waals surface area contributed by atoms with E-state index in [-0.39, 0.29) is 37.5 Å². The fourth-order valence-electron chi connectivity index (χ4n) is 4.58. The lowest BCUT2D eigenvalue weighted by Crippen LogP contribution is -2.62. The van der Waals surface area contributed by atoms with Gasteiger partial charge in [-0.05, 0) is 25.5 Å². The normalized spacial score (nSPS) is 27.3. The topological polar surface area (TPSA) is 176 Å². The molecule has 216 valence electrons. The van der Waals surface area contributed by atoms with Gasteiger partial charge in [0.1, 0.15) is 30.6 Å². The smallest absolute Gasteiger partial charge is 0.336 e. The van der Waals surface area contributed by atoms with E-state index in [1.165, 1.54) is 7.11 Å². The first-order valence-electron chi connectivity index (χ1n) is 12.5. The number of ether oxygens (including phenoxy) is 4. The van der Waals surface area contributed by atoms with Crippen molar-refractivity contribution >= 4 is 23.5 Å². The molecule has 1 fully saturated rings. The third kappa shape index (κ3) is 6.97. The zero-order valence-corrected chi connectivity index (χ0v) is 22.7. The molecule has 0 saturated carbocycles. The van der Waals surface area contributed by atoms with Gasteiger partial charge in [-0.25, -0.2) is 9.59 Å². The molecular weight excluding hydrogens is 536 g/mol. The molecule has 6 atom stereocenters. The molecule has 0 amide bonds. The Morgan fingerprint density at radius 2 is 1.82 bits per heavy atom. The van der Waals surface area contributed by atoms with E-state index in [2.05, 4.69) is 10.6 Å². The number of rotatable bonds is 11. The lowest BCUT2D eigenvalue weighted by Gasteiger charge is -2.40. The Morgan fingerprint density at radius 3 is 2.46 bits per heavy atom. The first kappa shape index (κ1) is 31.0. The molecule has 0 aromatic heterocycles. The van der Waals surface area contributed by atoms with Crippen molar-refractivity contribution in [1.29, 1.82) is 0 Å². The Balaban J connectivity index is 1.80. The predicted octanol–water partition coefficient (Wildman–Crippen LogP) is -0.303. The molecule has 13 heteroatoms. The highest BCUT2D eigenvalue weighted by Gasteiger charge is 2.43. The van der Waals surface area contributed by atoms with E-state index in [1.807, 2.05) is 0 Å². The first-order valence-corrected chi connectivity index (χ1v) is 12.9. The standard InChI is InChI=1S/C26H35ClN2O10/c1-4-38-26(35)20-16(12-37-10-9-28-24-23(33)22(32)21(31)17(11-30)39-24)29-13(2)18(25(34)36-3)19(20)14-7-5-6-8-15(14)27/h5-8,17,19,21-24,28-33H,4,9-12H2,1-3H3/t17-,19+,21+,22+,23-,24-/m1/s1. The zero-order valence-electron chi connectivity index (χ0n) is 21.9. The van der Waals surface area contributed by atoms with E-state index in [4.69, 9.17) is 30.5 Å². The third-order valence-electron chi connectivity index (χ3n) is 6.49. The van der Waals surface area contributed by atoms with Gasteiger partial charge in [0, 0.05) is 17.3 Å². The number of methoxy groups -OCH3 is 1. The summed E-state index contributed by atoms with van der Waals surface area (Å²) in [7, 11) is 1.25. The molecule has 3 rings (SSSR count). The summed E-state index contributed by atoms with van der Waals surface area (Å²) in [5.41, 5.74) is 1.71. The van der Waals surface area contributed by atoms with Crippen LogP contribution in [0.3, 0.4) is 0 Å². The van der Waals surface area contributed by atoms with Crippen molar-refractivity contribution in [1.82, 2.24) is 10.6 Å². The predicted molar refractivity (Wildman–Crippen MR) is 138 cm³/mol. The molecule has 0 unspecified atom stereocenters. The molecule has 2 aliphatic heterocycles. The Morgan fingerprint density at radius 1 is 1.10 bits per heavy atom. The number of halogens is 1. The van der Waals surface area contributed by atoms with E-state index >= 15 is 0 Å². The maximum atomic E-state index is 13.2. The summed E-state index contributed by atoms with van der Waals surface area (Å²) in [4.78, 5) is 26.0. The summed E-state index contributed by atoms with van der Waals surface area (Å²) < 4.78 is 21.5. The highest BCUT2D eigenvalue weighted by Crippen LogP contribution is 2.41. The lowest BCUT2D eigenvalue weighted by molar-refractivity contribution is -0.236. The molecule has 0 radical (unpaired) electrons. The van der Waals surface area contributed by atoms with Crippen molar-refractivity contribution in [3.63, 3.8) is 0 Å². The minimum atomic E-state index is -1.50. The fraction of sp³-hybridized carbons (Fsp3) is 0.538. The van der Waals surface area contributed by atoms with E-state index < -0.39 is 55.1 Å². The Kier molecular flexibility index (Phi) is 11.3. The first-order chi connectivity index (χ1) is 18.7. The molecule has 0 bridgehead atoms. The number of esters is 2. The summed E-state index contributed by atoms with van der Waals surface area (Å²) in [6, 6.07) is 6.86. The number of carbonyl (C=O) groups excluding carboxylic acids is 2. The summed E-state index contributed by atoms with van der Waals surface area (Å²) in [5.74, 6) is -2.16. The molecule has 2 heterocycles. The summed E-state index contributed by atoms with van der Waals surface area (Å²) in [5, 5.41) is 45.6. The van der Waals surface area contributed by atoms with Gasteiger partial charge in [-0.3, -0.25) is 5.32 Å². The average Bonchev–Trinajstić information content (AvgIpc) is 2.92. The quantitative estimate of drug-likeness (QED) is 0.151. The molecular formula is C26H35ClN2O10. The summed E-state index contributed by atoms with van der Waals surface area (Å²) >= 11 is 6.49. The van der Waals surface area contributed by atoms with Gasteiger partial charge in [0.05, 0.1) is 56.3 Å². The van der Waals surface area contributed by atoms with Crippen molar-refractivity contribution in [3.05, 3.63) is 57.4 Å². The maximum absolute atomic E-state index is 13.2. The van der Waals surface area contributed by atoms with E-state index in [1.54, 1.807) is 38.1 Å². The van der Waals surface area contributed by atoms with Gasteiger partial charge in [0.25, 0.3) is 0 Å². The number of hydrogen-bond donors (Lipinski definition) is 6. The third-order valence-corrected chi connectivity index (χ3v) is 6.84. The number of benzene rings is 1. The molecule has 1 aromatic rings. The molecule has 0 spiro atoms. The van der Waals surface area contributed by atoms with Crippen molar-refractivity contribution in [3.8, 4) is 0 Å². The van der Waals surface area contributed by atoms with Crippen LogP contribution in [0.5, 0.6) is 0 Å². The van der Waals surface area contributed by atoms with Crippen LogP contribution in [-0.4, -0.2) is 103 Å². The lowest BCUT2D eigenvalue weighted by atomic mass is 9.80. The summed E-state index contributed by atoms with van der Waals surface area (Å²) in [6.45, 7) is 3.08. The maximum Gasteiger partial charge on any atom is 0.336 e. The largest absolute Gasteiger partial charge is 0.466 e. The van der Waals surface area contributed by atoms with E-state index in [9.17, 15) is 30.0 Å². The van der Waals surface area contributed by atoms with Gasteiger partial charge in [0.15, 0.2) is 0 Å². The van der Waals surface area contributed by atoms with Gasteiger partial charge < -0.3 is 44.7 Å². The van der Waals surface area contributed by atoms with Gasteiger partial charge >= 0.3 is 11.9 Å². The van der Waals surface area contributed by atoms with Gasteiger partial charge in [-0.15, -0.1) is 0 Å². The number of dihydropyridines is 1. The molecule has 0 aliphatic carbocycles. The van der Waals surface area contributed by atoms with E-state index in [0.29, 0.717) is 22.0 Å². The number of aliphatic hydroxyl groups is 4. The van der Waals surface area contributed by atoms with Crippen molar-refractivity contribution in [2.75, 3.05) is 40.1 Å². The molecule has 1 saturated heterocycles. The highest BCUT2D eigenvalue weighted by atomic mass is 35.5. The van der Waals surface area contributed by atoms with Crippen LogP contribution >= 0.6 is 11.6 Å². The van der Waals surface area contributed by atoms with Gasteiger partial charge in [-0.2, -0.15) is 0 Å². The SMILES string of the molecule is CCOC(=O)C1=C(COCCN[C@@H]2O[C@H](CO)[C@H](O)[C@H](O)[C@H]2O)NC(C)=C(C(=O)OC)[C@@H]1c1ccccc1Cl. The second kappa shape index (κ2) is 14.2. The van der Waals surface area contributed by atoms with Crippen LogP contribution in [0.4, 0.5) is 0 Å². The number of hydrogen-bond acceptors (Lipinski definition) is 12. The number of nitrogens with one attached hydrogen (secondary N) is 2. The van der Waals surface area contributed by atoms with Crippen LogP contribution in [0.25, 0.3) is 0 Å². The van der Waals surface area contributed by atoms with Crippen molar-refractivity contribution < 1.29 is 49.0 Å². The Hall–Kier alpha value is -2.55. The zero-order chi connectivity index (χ0) is 28.7. The molecule has 1 aromatic carbocycles. The Labute approximate surface area is 231 Å². The number of aliphatic hydroxyl groups excluding tert-OH is 4. The molecule has 39 heavy (non-hydrogen) atoms. The molecule has 2 aliphatic rings. The minimum Gasteiger partial charge on any atom is -0.466 e. The molecule has 6 N–H and O–H groups in total. The van der Waals surface area contributed by atoms with Crippen LogP contribution < -0.4 is 10.6 Å². The monoisotopic (exact) mass is 570 g/mol. The highest BCUT2D eigenvalue weighted by molar-refractivity contribution is 6.31. The second-order valence-corrected chi connectivity index (χ2v) is 9.39. The number of carbonyl (C=O) groups is 2. The van der Waals surface area contributed by atoms with Crippen LogP contribution in [0.15, 0.2) is 46.8 Å². The van der Waals surface area contributed by atoms with Gasteiger partial charge in [-0.1, -0.05) is 29.8 Å². The fourth-order valence-corrected chi connectivity index (χ4v) is 4.82. The van der Waals surface area contributed by atoms with Crippen LogP contribution in [0.1, 0.15) is 25.3 Å². The van der Waals surface area contributed by atoms with Crippen LogP contribution in [-0.2, 0) is 28.5 Å². The van der Waals surface area contributed by atoms with Gasteiger partial charge in [0.2, 0.25) is 0 Å².